The molecule has 4 aromatic rings. The van der Waals surface area contributed by atoms with Crippen LogP contribution in [0.1, 0.15) is 15.2 Å². The Labute approximate surface area is 158 Å². The highest BCUT2D eigenvalue weighted by atomic mass is 32.1. The van der Waals surface area contributed by atoms with Crippen molar-refractivity contribution in [3.05, 3.63) is 56.6 Å². The van der Waals surface area contributed by atoms with Crippen molar-refractivity contribution in [2.45, 2.75) is 6.54 Å². The first kappa shape index (κ1) is 17.3. The zero-order valence-corrected chi connectivity index (χ0v) is 15.9. The molecule has 0 spiro atoms. The van der Waals surface area contributed by atoms with Crippen molar-refractivity contribution in [3.63, 3.8) is 0 Å². The molecule has 8 heteroatoms. The van der Waals surface area contributed by atoms with Crippen molar-refractivity contribution in [1.82, 2.24) is 14.3 Å². The number of hydrogen-bond donors (Lipinski definition) is 0. The molecule has 0 amide bonds. The Morgan fingerprint density at radius 2 is 2.04 bits per heavy atom. The summed E-state index contributed by atoms with van der Waals surface area (Å²) >= 11 is 1.29. The van der Waals surface area contributed by atoms with E-state index in [0.717, 1.165) is 27.6 Å². The standard InChI is InChI=1S/C19H17N3O4S/c1-21-15-5-4-12(25-2)7-13(15)14-8-20-22(18(23)17(14)21)9-11-6-16(27-10-11)19(24)26-3/h4-8,10H,9H2,1-3H3. The lowest BCUT2D eigenvalue weighted by Gasteiger charge is -2.04. The second-order valence-electron chi connectivity index (χ2n) is 6.12. The van der Waals surface area contributed by atoms with Gasteiger partial charge in [0, 0.05) is 23.3 Å². The summed E-state index contributed by atoms with van der Waals surface area (Å²) in [6.45, 7) is 0.285. The molecule has 138 valence electrons. The van der Waals surface area contributed by atoms with E-state index in [1.165, 1.54) is 23.1 Å². The molecule has 0 atom stereocenters. The molecule has 0 fully saturated rings. The zero-order chi connectivity index (χ0) is 19.1. The molecule has 4 rings (SSSR count). The van der Waals surface area contributed by atoms with Crippen LogP contribution in [0, 0.1) is 0 Å². The van der Waals surface area contributed by atoms with Gasteiger partial charge in [0.05, 0.1) is 27.0 Å². The van der Waals surface area contributed by atoms with Crippen molar-refractivity contribution < 1.29 is 14.3 Å². The zero-order valence-electron chi connectivity index (χ0n) is 15.1. The minimum atomic E-state index is -0.385. The summed E-state index contributed by atoms with van der Waals surface area (Å²) in [7, 11) is 4.82. The Bertz CT molecular complexity index is 1240. The van der Waals surface area contributed by atoms with Gasteiger partial charge in [-0.25, -0.2) is 9.48 Å². The van der Waals surface area contributed by atoms with E-state index in [1.807, 2.05) is 35.2 Å². The van der Waals surface area contributed by atoms with Crippen molar-refractivity contribution in [2.75, 3.05) is 14.2 Å². The minimum absolute atomic E-state index is 0.184. The van der Waals surface area contributed by atoms with E-state index >= 15 is 0 Å². The van der Waals surface area contributed by atoms with Crippen LogP contribution in [0.15, 0.2) is 40.6 Å². The van der Waals surface area contributed by atoms with Gasteiger partial charge in [-0.05, 0) is 35.2 Å². The Morgan fingerprint density at radius 1 is 1.22 bits per heavy atom. The van der Waals surface area contributed by atoms with Gasteiger partial charge < -0.3 is 14.0 Å². The molecule has 0 aliphatic carbocycles. The summed E-state index contributed by atoms with van der Waals surface area (Å²) < 4.78 is 13.3. The first-order valence-corrected chi connectivity index (χ1v) is 9.09. The number of thiophene rings is 1. The second-order valence-corrected chi connectivity index (χ2v) is 7.03. The number of fused-ring (bicyclic) bond motifs is 3. The summed E-state index contributed by atoms with van der Waals surface area (Å²) in [5, 5.41) is 7.87. The number of nitrogens with zero attached hydrogens (tertiary/aromatic N) is 3. The maximum atomic E-state index is 13.0. The fourth-order valence-electron chi connectivity index (χ4n) is 3.22. The quantitative estimate of drug-likeness (QED) is 0.507. The predicted octanol–water partition coefficient (Wildman–Crippen LogP) is 2.79. The lowest BCUT2D eigenvalue weighted by Crippen LogP contribution is -2.24. The third-order valence-electron chi connectivity index (χ3n) is 4.58. The van der Waals surface area contributed by atoms with Crippen LogP contribution in [0.4, 0.5) is 0 Å². The van der Waals surface area contributed by atoms with Crippen molar-refractivity contribution in [2.24, 2.45) is 7.05 Å². The normalized spacial score (nSPS) is 11.2. The predicted molar refractivity (Wildman–Crippen MR) is 104 cm³/mol. The number of aryl methyl sites for hydroxylation is 1. The molecular weight excluding hydrogens is 366 g/mol. The fourth-order valence-corrected chi connectivity index (χ4v) is 4.04. The van der Waals surface area contributed by atoms with Crippen molar-refractivity contribution >= 4 is 39.1 Å². The molecule has 0 bridgehead atoms. The summed E-state index contributed by atoms with van der Waals surface area (Å²) in [6.07, 6.45) is 1.70. The van der Waals surface area contributed by atoms with Crippen molar-refractivity contribution in [3.8, 4) is 5.75 Å². The van der Waals surface area contributed by atoms with E-state index in [9.17, 15) is 9.59 Å². The number of esters is 1. The first-order valence-electron chi connectivity index (χ1n) is 8.21. The smallest absolute Gasteiger partial charge is 0.348 e. The topological polar surface area (TPSA) is 75.4 Å². The van der Waals surface area contributed by atoms with E-state index in [2.05, 4.69) is 5.10 Å². The van der Waals surface area contributed by atoms with Crippen LogP contribution in [-0.2, 0) is 18.3 Å². The highest BCUT2D eigenvalue weighted by molar-refractivity contribution is 7.12. The van der Waals surface area contributed by atoms with Gasteiger partial charge in [-0.2, -0.15) is 5.10 Å². The molecule has 0 N–H and O–H groups in total. The molecule has 3 heterocycles. The molecule has 0 saturated heterocycles. The maximum Gasteiger partial charge on any atom is 0.348 e. The van der Waals surface area contributed by atoms with Gasteiger partial charge in [0.2, 0.25) is 0 Å². The van der Waals surface area contributed by atoms with E-state index in [0.29, 0.717) is 10.4 Å². The molecule has 0 unspecified atom stereocenters. The van der Waals surface area contributed by atoms with Crippen LogP contribution >= 0.6 is 11.3 Å². The van der Waals surface area contributed by atoms with E-state index < -0.39 is 0 Å². The molecule has 3 aromatic heterocycles. The molecule has 27 heavy (non-hydrogen) atoms. The summed E-state index contributed by atoms with van der Waals surface area (Å²) in [4.78, 5) is 25.1. The van der Waals surface area contributed by atoms with Gasteiger partial charge in [-0.1, -0.05) is 0 Å². The molecular formula is C19H17N3O4S. The lowest BCUT2D eigenvalue weighted by atomic mass is 10.2. The number of hydrogen-bond acceptors (Lipinski definition) is 6. The maximum absolute atomic E-state index is 13.0. The third kappa shape index (κ3) is 2.78. The van der Waals surface area contributed by atoms with Gasteiger partial charge in [0.1, 0.15) is 16.1 Å². The van der Waals surface area contributed by atoms with Crippen LogP contribution in [0.5, 0.6) is 5.75 Å². The SMILES string of the molecule is COC(=O)c1cc(Cn2ncc3c4cc(OC)ccc4n(C)c3c2=O)cs1. The average molecular weight is 383 g/mol. The number of benzene rings is 1. The van der Waals surface area contributed by atoms with Gasteiger partial charge in [-0.3, -0.25) is 4.79 Å². The molecule has 0 saturated carbocycles. The largest absolute Gasteiger partial charge is 0.497 e. The van der Waals surface area contributed by atoms with Gasteiger partial charge in [-0.15, -0.1) is 11.3 Å². The van der Waals surface area contributed by atoms with Gasteiger partial charge in [0.25, 0.3) is 5.56 Å². The Balaban J connectivity index is 1.81. The second kappa shape index (κ2) is 6.55. The number of carbonyl (C=O) groups excluding carboxylic acids is 1. The number of carbonyl (C=O) groups is 1. The first-order chi connectivity index (χ1) is 13.0. The summed E-state index contributed by atoms with van der Waals surface area (Å²) in [5.41, 5.74) is 2.16. The number of ether oxygens (including phenoxy) is 2. The highest BCUT2D eigenvalue weighted by Gasteiger charge is 2.16. The van der Waals surface area contributed by atoms with Crippen LogP contribution in [0.2, 0.25) is 0 Å². The van der Waals surface area contributed by atoms with Crippen LogP contribution < -0.4 is 10.3 Å². The van der Waals surface area contributed by atoms with E-state index in [-0.39, 0.29) is 18.1 Å². The van der Waals surface area contributed by atoms with Gasteiger partial charge in [0.15, 0.2) is 0 Å². The molecule has 0 aliphatic rings. The number of methoxy groups -OCH3 is 2. The molecule has 7 nitrogen and oxygen atoms in total. The monoisotopic (exact) mass is 383 g/mol. The number of aromatic nitrogens is 3. The number of rotatable bonds is 4. The average Bonchev–Trinajstić information content (AvgIpc) is 3.26. The lowest BCUT2D eigenvalue weighted by molar-refractivity contribution is 0.0606. The highest BCUT2D eigenvalue weighted by Crippen LogP contribution is 2.29. The Morgan fingerprint density at radius 3 is 2.78 bits per heavy atom. The third-order valence-corrected chi connectivity index (χ3v) is 5.54. The van der Waals surface area contributed by atoms with Crippen molar-refractivity contribution in [1.29, 1.82) is 0 Å². The van der Waals surface area contributed by atoms with Crippen LogP contribution in [0.25, 0.3) is 21.8 Å². The van der Waals surface area contributed by atoms with Crippen LogP contribution in [-0.4, -0.2) is 34.5 Å². The van der Waals surface area contributed by atoms with E-state index in [4.69, 9.17) is 9.47 Å². The van der Waals surface area contributed by atoms with Crippen LogP contribution in [0.3, 0.4) is 0 Å². The van der Waals surface area contributed by atoms with E-state index in [1.54, 1.807) is 19.4 Å². The summed E-state index contributed by atoms with van der Waals surface area (Å²) in [6, 6.07) is 7.43. The molecule has 1 aromatic carbocycles. The summed E-state index contributed by atoms with van der Waals surface area (Å²) in [5.74, 6) is 0.345. The molecule has 0 radical (unpaired) electrons. The minimum Gasteiger partial charge on any atom is -0.497 e. The molecule has 0 aliphatic heterocycles. The fraction of sp³-hybridized carbons (Fsp3) is 0.211. The van der Waals surface area contributed by atoms with Gasteiger partial charge >= 0.3 is 5.97 Å². The Kier molecular flexibility index (Phi) is 4.19. The Hall–Kier alpha value is -3.13.